The van der Waals surface area contributed by atoms with E-state index >= 15 is 0 Å². The number of fused-ring (bicyclic) bond motifs is 1. The molecule has 1 saturated heterocycles. The average molecular weight is 531 g/mol. The van der Waals surface area contributed by atoms with Crippen LogP contribution in [0, 0.1) is 6.92 Å². The Labute approximate surface area is 211 Å². The minimum atomic E-state index is -3.81. The summed E-state index contributed by atoms with van der Waals surface area (Å²) in [6.07, 6.45) is 6.59. The fourth-order valence-corrected chi connectivity index (χ4v) is 8.05. The second-order valence-corrected chi connectivity index (χ2v) is 14.1. The van der Waals surface area contributed by atoms with E-state index in [-0.39, 0.29) is 22.2 Å². The Morgan fingerprint density at radius 3 is 2.36 bits per heavy atom. The normalized spacial score (nSPS) is 23.4. The molecule has 36 heavy (non-hydrogen) atoms. The quantitative estimate of drug-likeness (QED) is 0.468. The zero-order valence-corrected chi connectivity index (χ0v) is 21.9. The molecule has 2 aromatic heterocycles. The molecular formula is C24H30N6O4S2. The highest BCUT2D eigenvalue weighted by Crippen LogP contribution is 2.35. The molecule has 0 unspecified atom stereocenters. The van der Waals surface area contributed by atoms with Gasteiger partial charge in [-0.1, -0.05) is 17.7 Å². The lowest BCUT2D eigenvalue weighted by Crippen LogP contribution is -2.61. The van der Waals surface area contributed by atoms with Gasteiger partial charge in [-0.25, -0.2) is 35.5 Å². The van der Waals surface area contributed by atoms with E-state index in [9.17, 15) is 16.8 Å². The largest absolute Gasteiger partial charge is 0.356 e. The molecule has 3 fully saturated rings. The van der Waals surface area contributed by atoms with Crippen molar-refractivity contribution in [3.8, 4) is 0 Å². The summed E-state index contributed by atoms with van der Waals surface area (Å²) in [5, 5.41) is 0.320. The highest BCUT2D eigenvalue weighted by molar-refractivity contribution is 7.90. The van der Waals surface area contributed by atoms with Gasteiger partial charge in [-0.3, -0.25) is 4.90 Å². The molecule has 2 aliphatic carbocycles. The maximum absolute atomic E-state index is 13.2. The van der Waals surface area contributed by atoms with Gasteiger partial charge in [0.15, 0.2) is 5.65 Å². The average Bonchev–Trinajstić information content (AvgIpc) is 3.50. The third kappa shape index (κ3) is 4.09. The molecule has 192 valence electrons. The molecule has 2 saturated carbocycles. The van der Waals surface area contributed by atoms with Gasteiger partial charge in [0, 0.05) is 44.5 Å². The van der Waals surface area contributed by atoms with E-state index < -0.39 is 20.0 Å². The van der Waals surface area contributed by atoms with Crippen LogP contribution >= 0.6 is 0 Å². The number of anilines is 1. The Morgan fingerprint density at radius 1 is 1.00 bits per heavy atom. The SMILES string of the molecule is Cc1ccc(S(=O)(=O)n2ccc3c(N(C)[C@H]4C[C@@H](NS(=O)(=O)C5CN(C6CC6)C5)C4)ncnc32)cc1. The number of likely N-dealkylation sites (tertiary alicyclic amines) is 1. The van der Waals surface area contributed by atoms with Crippen molar-refractivity contribution in [1.82, 2.24) is 23.6 Å². The summed E-state index contributed by atoms with van der Waals surface area (Å²) in [5.74, 6) is 0.628. The van der Waals surface area contributed by atoms with Crippen LogP contribution < -0.4 is 9.62 Å². The number of hydrogen-bond acceptors (Lipinski definition) is 8. The lowest BCUT2D eigenvalue weighted by molar-refractivity contribution is 0.173. The molecule has 1 aliphatic heterocycles. The number of rotatable bonds is 8. The topological polar surface area (TPSA) is 117 Å². The summed E-state index contributed by atoms with van der Waals surface area (Å²) in [6.45, 7) is 3.18. The van der Waals surface area contributed by atoms with Gasteiger partial charge < -0.3 is 4.90 Å². The minimum absolute atomic E-state index is 0.0946. The molecule has 12 heteroatoms. The fraction of sp³-hybridized carbons (Fsp3) is 0.500. The number of aryl methyl sites for hydroxylation is 1. The first kappa shape index (κ1) is 23.8. The lowest BCUT2D eigenvalue weighted by Gasteiger charge is -2.44. The van der Waals surface area contributed by atoms with Gasteiger partial charge in [-0.2, -0.15) is 0 Å². The van der Waals surface area contributed by atoms with E-state index in [1.54, 1.807) is 30.3 Å². The van der Waals surface area contributed by atoms with Crippen molar-refractivity contribution in [3.63, 3.8) is 0 Å². The first-order valence-corrected chi connectivity index (χ1v) is 15.2. The van der Waals surface area contributed by atoms with Gasteiger partial charge in [0.2, 0.25) is 10.0 Å². The van der Waals surface area contributed by atoms with Gasteiger partial charge in [-0.05, 0) is 50.8 Å². The van der Waals surface area contributed by atoms with E-state index in [0.29, 0.717) is 48.8 Å². The van der Waals surface area contributed by atoms with E-state index in [1.165, 1.54) is 29.3 Å². The van der Waals surface area contributed by atoms with Crippen LogP contribution in [0.4, 0.5) is 5.82 Å². The Balaban J connectivity index is 1.15. The van der Waals surface area contributed by atoms with Crippen LogP contribution in [0.3, 0.4) is 0 Å². The van der Waals surface area contributed by atoms with Gasteiger partial charge in [0.05, 0.1) is 10.3 Å². The molecule has 10 nitrogen and oxygen atoms in total. The minimum Gasteiger partial charge on any atom is -0.356 e. The number of nitrogens with one attached hydrogen (secondary N) is 1. The lowest BCUT2D eigenvalue weighted by atomic mass is 9.86. The second kappa shape index (κ2) is 8.51. The Hall–Kier alpha value is -2.54. The van der Waals surface area contributed by atoms with Crippen LogP contribution in [0.25, 0.3) is 11.0 Å². The summed E-state index contributed by atoms with van der Waals surface area (Å²) in [7, 11) is -5.22. The molecule has 0 amide bonds. The number of hydrogen-bond donors (Lipinski definition) is 1. The van der Waals surface area contributed by atoms with E-state index in [2.05, 4.69) is 19.6 Å². The molecule has 0 atom stereocenters. The summed E-state index contributed by atoms with van der Waals surface area (Å²) in [5.41, 5.74) is 1.29. The molecular weight excluding hydrogens is 500 g/mol. The zero-order valence-electron chi connectivity index (χ0n) is 20.3. The van der Waals surface area contributed by atoms with Gasteiger partial charge in [0.25, 0.3) is 10.0 Å². The van der Waals surface area contributed by atoms with Crippen molar-refractivity contribution in [2.45, 2.75) is 60.9 Å². The zero-order chi connectivity index (χ0) is 25.2. The molecule has 6 rings (SSSR count). The van der Waals surface area contributed by atoms with Crippen LogP contribution in [0.15, 0.2) is 47.8 Å². The van der Waals surface area contributed by atoms with E-state index in [1.807, 2.05) is 18.9 Å². The van der Waals surface area contributed by atoms with Crippen LogP contribution in [-0.2, 0) is 20.0 Å². The van der Waals surface area contributed by atoms with Crippen molar-refractivity contribution in [2.24, 2.45) is 0 Å². The van der Waals surface area contributed by atoms with Gasteiger partial charge >= 0.3 is 0 Å². The number of nitrogens with zero attached hydrogens (tertiary/aromatic N) is 5. The van der Waals surface area contributed by atoms with Crippen LogP contribution in [0.5, 0.6) is 0 Å². The molecule has 1 aromatic carbocycles. The van der Waals surface area contributed by atoms with Crippen molar-refractivity contribution in [3.05, 3.63) is 48.4 Å². The van der Waals surface area contributed by atoms with E-state index in [4.69, 9.17) is 0 Å². The third-order valence-corrected chi connectivity index (χ3v) is 11.2. The van der Waals surface area contributed by atoms with Crippen molar-refractivity contribution >= 4 is 36.9 Å². The Kier molecular flexibility index (Phi) is 5.63. The van der Waals surface area contributed by atoms with Crippen molar-refractivity contribution in [1.29, 1.82) is 0 Å². The standard InChI is InChI=1S/C24H30N6O4S2/c1-16-3-7-20(8-4-16)36(33,34)30-10-9-22-23(25-15-26-24(22)30)28(2)19-11-17(12-19)27-35(31,32)21-13-29(14-21)18-5-6-18/h3-4,7-10,15,17-19,21,27H,5-6,11-14H2,1-2H3/t17-,19+. The van der Waals surface area contributed by atoms with Gasteiger partial charge in [-0.15, -0.1) is 0 Å². The van der Waals surface area contributed by atoms with Crippen molar-refractivity contribution < 1.29 is 16.8 Å². The first-order valence-electron chi connectivity index (χ1n) is 12.3. The smallest absolute Gasteiger partial charge is 0.269 e. The monoisotopic (exact) mass is 530 g/mol. The highest BCUT2D eigenvalue weighted by Gasteiger charge is 2.45. The van der Waals surface area contributed by atoms with Gasteiger partial charge in [0.1, 0.15) is 17.4 Å². The van der Waals surface area contributed by atoms with Crippen LogP contribution in [0.1, 0.15) is 31.2 Å². The molecule has 3 aliphatic rings. The fourth-order valence-electron chi connectivity index (χ4n) is 5.12. The number of benzene rings is 1. The summed E-state index contributed by atoms with van der Waals surface area (Å²) in [6, 6.07) is 9.03. The van der Waals surface area contributed by atoms with Crippen LogP contribution in [-0.4, -0.2) is 79.2 Å². The number of aromatic nitrogens is 3. The van der Waals surface area contributed by atoms with Crippen LogP contribution in [0.2, 0.25) is 0 Å². The van der Waals surface area contributed by atoms with Crippen molar-refractivity contribution in [2.75, 3.05) is 25.0 Å². The molecule has 0 spiro atoms. The van der Waals surface area contributed by atoms with E-state index in [0.717, 1.165) is 5.56 Å². The Bertz CT molecular complexity index is 1500. The predicted molar refractivity (Wildman–Crippen MR) is 137 cm³/mol. The summed E-state index contributed by atoms with van der Waals surface area (Å²) < 4.78 is 56.0. The molecule has 3 aromatic rings. The maximum Gasteiger partial charge on any atom is 0.269 e. The third-order valence-electron chi connectivity index (χ3n) is 7.71. The Morgan fingerprint density at radius 2 is 1.69 bits per heavy atom. The molecule has 1 N–H and O–H groups in total. The second-order valence-electron chi connectivity index (χ2n) is 10.3. The molecule has 3 heterocycles. The molecule has 0 bridgehead atoms. The maximum atomic E-state index is 13.2. The summed E-state index contributed by atoms with van der Waals surface area (Å²) in [4.78, 5) is 13.1. The molecule has 0 radical (unpaired) electrons. The first-order chi connectivity index (χ1) is 17.1. The summed E-state index contributed by atoms with van der Waals surface area (Å²) >= 11 is 0. The highest BCUT2D eigenvalue weighted by atomic mass is 32.2. The predicted octanol–water partition coefficient (Wildman–Crippen LogP) is 1.71. The number of sulfonamides is 1.